The lowest BCUT2D eigenvalue weighted by molar-refractivity contribution is -0.141. The lowest BCUT2D eigenvalue weighted by Crippen LogP contribution is -2.07. The quantitative estimate of drug-likeness (QED) is 0.463. The van der Waals surface area contributed by atoms with Crippen LogP contribution in [0.5, 0.6) is 5.75 Å². The lowest BCUT2D eigenvalue weighted by atomic mass is 10.3. The third-order valence-corrected chi connectivity index (χ3v) is 4.92. The van der Waals surface area contributed by atoms with Crippen molar-refractivity contribution in [3.05, 3.63) is 53.7 Å². The molecule has 0 unspecified atom stereocenters. The molecule has 0 aliphatic rings. The van der Waals surface area contributed by atoms with Crippen LogP contribution < -0.4 is 4.74 Å². The number of benzene rings is 1. The molecule has 2 heterocycles. The second-order valence-corrected chi connectivity index (χ2v) is 6.74. The number of carbonyl (C=O) groups excluding carboxylic acids is 1. The number of rotatable bonds is 7. The van der Waals surface area contributed by atoms with E-state index < -0.39 is 0 Å². The van der Waals surface area contributed by atoms with Gasteiger partial charge in [-0.3, -0.25) is 4.79 Å². The standard InChI is InChI=1S/C17H15NO4S2/c1-20-13-4-6-14(7-5-13)24-11-16(19)21-9-12-10-22-17(18-12)15-3-2-8-23-15/h2-8,10H,9,11H2,1H3. The van der Waals surface area contributed by atoms with Gasteiger partial charge in [0.1, 0.15) is 24.3 Å². The van der Waals surface area contributed by atoms with E-state index in [2.05, 4.69) is 4.98 Å². The highest BCUT2D eigenvalue weighted by Crippen LogP contribution is 2.24. The van der Waals surface area contributed by atoms with Crippen LogP contribution in [0, 0.1) is 0 Å². The number of ether oxygens (including phenoxy) is 2. The summed E-state index contributed by atoms with van der Waals surface area (Å²) < 4.78 is 15.7. The molecule has 0 aliphatic carbocycles. The van der Waals surface area contributed by atoms with Gasteiger partial charge in [-0.1, -0.05) is 6.07 Å². The summed E-state index contributed by atoms with van der Waals surface area (Å²) >= 11 is 2.96. The Morgan fingerprint density at radius 2 is 2.12 bits per heavy atom. The molecule has 124 valence electrons. The van der Waals surface area contributed by atoms with Crippen LogP contribution in [0.15, 0.2) is 57.4 Å². The molecule has 24 heavy (non-hydrogen) atoms. The molecule has 3 rings (SSSR count). The van der Waals surface area contributed by atoms with E-state index in [9.17, 15) is 4.79 Å². The van der Waals surface area contributed by atoms with Gasteiger partial charge >= 0.3 is 5.97 Å². The van der Waals surface area contributed by atoms with Crippen LogP contribution in [0.1, 0.15) is 5.69 Å². The Balaban J connectivity index is 1.45. The van der Waals surface area contributed by atoms with Crippen molar-refractivity contribution in [3.63, 3.8) is 0 Å². The second-order valence-electron chi connectivity index (χ2n) is 4.75. The zero-order chi connectivity index (χ0) is 16.8. The van der Waals surface area contributed by atoms with Crippen molar-refractivity contribution in [2.45, 2.75) is 11.5 Å². The highest BCUT2D eigenvalue weighted by atomic mass is 32.2. The highest BCUT2D eigenvalue weighted by Gasteiger charge is 2.10. The smallest absolute Gasteiger partial charge is 0.316 e. The summed E-state index contributed by atoms with van der Waals surface area (Å²) in [6, 6.07) is 11.4. The average molecular weight is 361 g/mol. The average Bonchev–Trinajstić information content (AvgIpc) is 3.29. The van der Waals surface area contributed by atoms with Gasteiger partial charge in [0.15, 0.2) is 0 Å². The minimum atomic E-state index is -0.295. The van der Waals surface area contributed by atoms with Gasteiger partial charge in [-0.05, 0) is 35.7 Å². The minimum absolute atomic E-state index is 0.108. The second kappa shape index (κ2) is 8.03. The monoisotopic (exact) mass is 361 g/mol. The molecule has 0 saturated carbocycles. The fourth-order valence-electron chi connectivity index (χ4n) is 1.90. The van der Waals surface area contributed by atoms with Crippen molar-refractivity contribution in [2.75, 3.05) is 12.9 Å². The first-order valence-electron chi connectivity index (χ1n) is 7.15. The third-order valence-electron chi connectivity index (χ3n) is 3.08. The van der Waals surface area contributed by atoms with Gasteiger partial charge in [-0.25, -0.2) is 4.98 Å². The largest absolute Gasteiger partial charge is 0.497 e. The first kappa shape index (κ1) is 16.6. The Hall–Kier alpha value is -2.25. The van der Waals surface area contributed by atoms with E-state index in [0.717, 1.165) is 15.5 Å². The molecule has 0 N–H and O–H groups in total. The molecular weight excluding hydrogens is 346 g/mol. The van der Waals surface area contributed by atoms with Crippen molar-refractivity contribution in [1.82, 2.24) is 4.98 Å². The molecule has 0 radical (unpaired) electrons. The van der Waals surface area contributed by atoms with Crippen LogP contribution >= 0.6 is 23.1 Å². The summed E-state index contributed by atoms with van der Waals surface area (Å²) in [5.41, 5.74) is 0.598. The van der Waals surface area contributed by atoms with Crippen LogP contribution in [0.2, 0.25) is 0 Å². The molecule has 0 atom stereocenters. The lowest BCUT2D eigenvalue weighted by Gasteiger charge is -2.04. The van der Waals surface area contributed by atoms with E-state index in [1.54, 1.807) is 18.4 Å². The zero-order valence-corrected chi connectivity index (χ0v) is 14.6. The van der Waals surface area contributed by atoms with E-state index >= 15 is 0 Å². The molecule has 0 saturated heterocycles. The van der Waals surface area contributed by atoms with E-state index in [4.69, 9.17) is 13.9 Å². The van der Waals surface area contributed by atoms with E-state index in [-0.39, 0.29) is 18.3 Å². The highest BCUT2D eigenvalue weighted by molar-refractivity contribution is 8.00. The Morgan fingerprint density at radius 1 is 1.29 bits per heavy atom. The molecule has 0 spiro atoms. The number of methoxy groups -OCH3 is 1. The van der Waals surface area contributed by atoms with Crippen LogP contribution in [0.3, 0.4) is 0 Å². The summed E-state index contributed by atoms with van der Waals surface area (Å²) in [5.74, 6) is 1.27. The number of esters is 1. The van der Waals surface area contributed by atoms with Crippen molar-refractivity contribution in [2.24, 2.45) is 0 Å². The summed E-state index contributed by atoms with van der Waals surface area (Å²) in [6.07, 6.45) is 1.51. The van der Waals surface area contributed by atoms with E-state index in [0.29, 0.717) is 11.6 Å². The maximum Gasteiger partial charge on any atom is 0.316 e. The maximum atomic E-state index is 11.8. The van der Waals surface area contributed by atoms with Crippen molar-refractivity contribution < 1.29 is 18.7 Å². The van der Waals surface area contributed by atoms with Gasteiger partial charge in [0.25, 0.3) is 0 Å². The van der Waals surface area contributed by atoms with Crippen LogP contribution in [-0.2, 0) is 16.1 Å². The molecule has 0 bridgehead atoms. The van der Waals surface area contributed by atoms with E-state index in [1.807, 2.05) is 41.8 Å². The van der Waals surface area contributed by atoms with Crippen molar-refractivity contribution >= 4 is 29.1 Å². The van der Waals surface area contributed by atoms with Gasteiger partial charge < -0.3 is 13.9 Å². The number of hydrogen-bond donors (Lipinski definition) is 0. The number of thiophene rings is 1. The first-order chi connectivity index (χ1) is 11.7. The van der Waals surface area contributed by atoms with Crippen LogP contribution in [-0.4, -0.2) is 23.8 Å². The molecule has 3 aromatic rings. The number of hydrogen-bond acceptors (Lipinski definition) is 7. The number of oxazole rings is 1. The van der Waals surface area contributed by atoms with Gasteiger partial charge in [-0.15, -0.1) is 23.1 Å². The Kier molecular flexibility index (Phi) is 5.55. The topological polar surface area (TPSA) is 61.6 Å². The van der Waals surface area contributed by atoms with E-state index in [1.165, 1.54) is 18.0 Å². The Morgan fingerprint density at radius 3 is 2.83 bits per heavy atom. The van der Waals surface area contributed by atoms with Crippen molar-refractivity contribution in [1.29, 1.82) is 0 Å². The van der Waals surface area contributed by atoms with Crippen LogP contribution in [0.4, 0.5) is 0 Å². The molecule has 7 heteroatoms. The van der Waals surface area contributed by atoms with Gasteiger partial charge in [0.05, 0.1) is 17.7 Å². The summed E-state index contributed by atoms with van der Waals surface area (Å²) in [4.78, 5) is 18.1. The molecule has 5 nitrogen and oxygen atoms in total. The molecule has 0 aliphatic heterocycles. The predicted octanol–water partition coefficient (Wildman–Crippen LogP) is 4.25. The molecular formula is C17H15NO4S2. The Labute approximate surface area is 147 Å². The number of thioether (sulfide) groups is 1. The van der Waals surface area contributed by atoms with Crippen molar-refractivity contribution in [3.8, 4) is 16.5 Å². The van der Waals surface area contributed by atoms with Gasteiger partial charge in [-0.2, -0.15) is 0 Å². The maximum absolute atomic E-state index is 11.8. The molecule has 0 amide bonds. The predicted molar refractivity (Wildman–Crippen MR) is 93.3 cm³/mol. The zero-order valence-electron chi connectivity index (χ0n) is 12.9. The Bertz CT molecular complexity index is 781. The van der Waals surface area contributed by atoms with Gasteiger partial charge in [0, 0.05) is 4.90 Å². The minimum Gasteiger partial charge on any atom is -0.497 e. The normalized spacial score (nSPS) is 10.5. The number of aromatic nitrogens is 1. The van der Waals surface area contributed by atoms with Gasteiger partial charge in [0.2, 0.25) is 5.89 Å². The fraction of sp³-hybridized carbons (Fsp3) is 0.176. The summed E-state index contributed by atoms with van der Waals surface area (Å²) in [5, 5.41) is 1.95. The number of nitrogens with zero attached hydrogens (tertiary/aromatic N) is 1. The van der Waals surface area contributed by atoms with Crippen LogP contribution in [0.25, 0.3) is 10.8 Å². The molecule has 0 fully saturated rings. The summed E-state index contributed by atoms with van der Waals surface area (Å²) in [6.45, 7) is 0.108. The molecule has 1 aromatic carbocycles. The molecule has 2 aromatic heterocycles. The first-order valence-corrected chi connectivity index (χ1v) is 9.02. The number of carbonyl (C=O) groups is 1. The third kappa shape index (κ3) is 4.39. The summed E-state index contributed by atoms with van der Waals surface area (Å²) in [7, 11) is 1.62. The SMILES string of the molecule is COc1ccc(SCC(=O)OCc2coc(-c3cccs3)n2)cc1. The fourth-order valence-corrected chi connectivity index (χ4v) is 3.25.